The maximum absolute atomic E-state index is 13.4. The molecule has 4 rings (SSSR count). The van der Waals surface area contributed by atoms with Crippen molar-refractivity contribution in [1.82, 2.24) is 15.5 Å². The van der Waals surface area contributed by atoms with E-state index in [1.165, 1.54) is 43.9 Å². The predicted octanol–water partition coefficient (Wildman–Crippen LogP) is 4.05. The minimum atomic E-state index is -0.471. The van der Waals surface area contributed by atoms with Crippen LogP contribution in [-0.4, -0.2) is 48.3 Å². The van der Waals surface area contributed by atoms with Crippen molar-refractivity contribution >= 4 is 29.1 Å². The van der Waals surface area contributed by atoms with Gasteiger partial charge in [-0.1, -0.05) is 24.4 Å². The number of anilines is 2. The molecule has 1 aromatic heterocycles. The molecule has 3 heterocycles. The van der Waals surface area contributed by atoms with Gasteiger partial charge in [0.25, 0.3) is 5.91 Å². The second-order valence-electron chi connectivity index (χ2n) is 8.01. The van der Waals surface area contributed by atoms with Crippen LogP contribution in [0.3, 0.4) is 0 Å². The molecule has 1 N–H and O–H groups in total. The number of hydrogen-bond donors (Lipinski definition) is 1. The molecule has 2 aromatic rings. The molecule has 160 valence electrons. The first kappa shape index (κ1) is 20.8. The summed E-state index contributed by atoms with van der Waals surface area (Å²) in [6.07, 6.45) is 6.58. The van der Waals surface area contributed by atoms with Crippen molar-refractivity contribution in [3.05, 3.63) is 46.7 Å². The molecule has 0 bridgehead atoms. The normalized spacial score (nSPS) is 18.2. The number of piperidine rings is 1. The maximum atomic E-state index is 13.4. The lowest BCUT2D eigenvalue weighted by Gasteiger charge is -2.33. The number of hydrogen-bond acceptors (Lipinski definition) is 5. The number of halogens is 2. The van der Waals surface area contributed by atoms with E-state index >= 15 is 0 Å². The lowest BCUT2D eigenvalue weighted by molar-refractivity contribution is 0.0930. The van der Waals surface area contributed by atoms with E-state index in [1.54, 1.807) is 0 Å². The molecule has 2 aliphatic heterocycles. The monoisotopic (exact) mass is 431 g/mol. The fraction of sp³-hybridized carbons (Fsp3) is 0.500. The van der Waals surface area contributed by atoms with Gasteiger partial charge in [-0.3, -0.25) is 4.79 Å². The topological polar surface area (TPSA) is 61.4 Å². The molecule has 1 aromatic carbocycles. The van der Waals surface area contributed by atoms with Gasteiger partial charge in [-0.05, 0) is 56.0 Å². The van der Waals surface area contributed by atoms with Gasteiger partial charge in [0.15, 0.2) is 11.6 Å². The summed E-state index contributed by atoms with van der Waals surface area (Å²) in [5.74, 6) is 1.02. The molecular formula is C22H27ClFN5O. The molecule has 2 fully saturated rings. The highest BCUT2D eigenvalue weighted by Gasteiger charge is 2.23. The van der Waals surface area contributed by atoms with E-state index in [0.29, 0.717) is 0 Å². The third-order valence-electron chi connectivity index (χ3n) is 5.89. The Labute approximate surface area is 181 Å². The van der Waals surface area contributed by atoms with Gasteiger partial charge in [-0.15, -0.1) is 10.2 Å². The molecule has 1 amide bonds. The largest absolute Gasteiger partial charge is 0.355 e. The standard InChI is InChI=1S/C22H27ClFN5O/c23-19-6-5-16(24)15-18(19)22(30)25-17-9-13-29(14-10-17)21-8-7-20(26-27-21)28-11-3-1-2-4-12-28/h5-8,15,17H,1-4,9-14H2,(H,25,30). The molecule has 6 nitrogen and oxygen atoms in total. The summed E-state index contributed by atoms with van der Waals surface area (Å²) >= 11 is 6.04. The second-order valence-corrected chi connectivity index (χ2v) is 8.42. The maximum Gasteiger partial charge on any atom is 0.253 e. The Morgan fingerprint density at radius 3 is 2.13 bits per heavy atom. The molecule has 0 saturated carbocycles. The first-order chi connectivity index (χ1) is 14.6. The number of rotatable bonds is 4. The zero-order valence-corrected chi connectivity index (χ0v) is 17.7. The molecule has 0 aliphatic carbocycles. The molecule has 8 heteroatoms. The van der Waals surface area contributed by atoms with Crippen LogP contribution in [0.1, 0.15) is 48.9 Å². The quantitative estimate of drug-likeness (QED) is 0.791. The van der Waals surface area contributed by atoms with Crippen LogP contribution >= 0.6 is 11.6 Å². The summed E-state index contributed by atoms with van der Waals surface area (Å²) in [6.45, 7) is 3.65. The van der Waals surface area contributed by atoms with Crippen LogP contribution in [0.2, 0.25) is 5.02 Å². The summed E-state index contributed by atoms with van der Waals surface area (Å²) in [6, 6.07) is 7.96. The minimum absolute atomic E-state index is 0.0254. The fourth-order valence-corrected chi connectivity index (χ4v) is 4.35. The Balaban J connectivity index is 1.31. The molecule has 0 spiro atoms. The average Bonchev–Trinajstić information content (AvgIpc) is 3.06. The Hall–Kier alpha value is -2.41. The number of aromatic nitrogens is 2. The Morgan fingerprint density at radius 2 is 1.53 bits per heavy atom. The number of carbonyl (C=O) groups excluding carboxylic acids is 1. The van der Waals surface area contributed by atoms with Crippen LogP contribution in [0, 0.1) is 5.82 Å². The highest BCUT2D eigenvalue weighted by molar-refractivity contribution is 6.33. The molecular weight excluding hydrogens is 405 g/mol. The third kappa shape index (κ3) is 5.01. The zero-order valence-electron chi connectivity index (χ0n) is 17.0. The van der Waals surface area contributed by atoms with E-state index in [-0.39, 0.29) is 22.5 Å². The van der Waals surface area contributed by atoms with Crippen molar-refractivity contribution in [2.45, 2.75) is 44.6 Å². The SMILES string of the molecule is O=C(NC1CCN(c2ccc(N3CCCCCC3)nn2)CC1)c1cc(F)ccc1Cl. The van der Waals surface area contributed by atoms with E-state index in [9.17, 15) is 9.18 Å². The molecule has 2 saturated heterocycles. The summed E-state index contributed by atoms with van der Waals surface area (Å²) < 4.78 is 13.4. The van der Waals surface area contributed by atoms with Gasteiger partial charge >= 0.3 is 0 Å². The summed E-state index contributed by atoms with van der Waals surface area (Å²) in [7, 11) is 0. The van der Waals surface area contributed by atoms with Gasteiger partial charge in [-0.2, -0.15) is 0 Å². The van der Waals surface area contributed by atoms with Gasteiger partial charge in [0, 0.05) is 32.2 Å². The van der Waals surface area contributed by atoms with Crippen molar-refractivity contribution in [2.24, 2.45) is 0 Å². The van der Waals surface area contributed by atoms with E-state index in [2.05, 4.69) is 31.4 Å². The van der Waals surface area contributed by atoms with Crippen molar-refractivity contribution in [3.8, 4) is 0 Å². The van der Waals surface area contributed by atoms with E-state index < -0.39 is 5.82 Å². The summed E-state index contributed by atoms with van der Waals surface area (Å²) in [4.78, 5) is 17.0. The van der Waals surface area contributed by atoms with Gasteiger partial charge in [0.1, 0.15) is 5.82 Å². The molecule has 30 heavy (non-hydrogen) atoms. The third-order valence-corrected chi connectivity index (χ3v) is 6.22. The van der Waals surface area contributed by atoms with Crippen LogP contribution < -0.4 is 15.1 Å². The van der Waals surface area contributed by atoms with Crippen LogP contribution in [0.15, 0.2) is 30.3 Å². The minimum Gasteiger partial charge on any atom is -0.355 e. The molecule has 2 aliphatic rings. The Morgan fingerprint density at radius 1 is 0.933 bits per heavy atom. The van der Waals surface area contributed by atoms with Gasteiger partial charge in [0.05, 0.1) is 10.6 Å². The number of carbonyl (C=O) groups is 1. The van der Waals surface area contributed by atoms with Crippen LogP contribution in [0.5, 0.6) is 0 Å². The highest BCUT2D eigenvalue weighted by atomic mass is 35.5. The Bertz CT molecular complexity index is 862. The molecule has 0 atom stereocenters. The number of benzene rings is 1. The smallest absolute Gasteiger partial charge is 0.253 e. The average molecular weight is 432 g/mol. The van der Waals surface area contributed by atoms with Gasteiger partial charge in [0.2, 0.25) is 0 Å². The van der Waals surface area contributed by atoms with Crippen LogP contribution in [-0.2, 0) is 0 Å². The lowest BCUT2D eigenvalue weighted by Crippen LogP contribution is -2.45. The zero-order chi connectivity index (χ0) is 20.9. The number of nitrogens with one attached hydrogen (secondary N) is 1. The van der Waals surface area contributed by atoms with E-state index in [0.717, 1.165) is 50.7 Å². The Kier molecular flexibility index (Phi) is 6.67. The predicted molar refractivity (Wildman–Crippen MR) is 117 cm³/mol. The highest BCUT2D eigenvalue weighted by Crippen LogP contribution is 2.22. The van der Waals surface area contributed by atoms with Crippen molar-refractivity contribution < 1.29 is 9.18 Å². The second kappa shape index (κ2) is 9.60. The summed E-state index contributed by atoms with van der Waals surface area (Å²) in [5, 5.41) is 12.1. The van der Waals surface area contributed by atoms with Gasteiger partial charge in [-0.25, -0.2) is 4.39 Å². The first-order valence-corrected chi connectivity index (χ1v) is 11.1. The first-order valence-electron chi connectivity index (χ1n) is 10.7. The van der Waals surface area contributed by atoms with Crippen molar-refractivity contribution in [2.75, 3.05) is 36.0 Å². The van der Waals surface area contributed by atoms with Crippen LogP contribution in [0.4, 0.5) is 16.0 Å². The molecule has 0 unspecified atom stereocenters. The summed E-state index contributed by atoms with van der Waals surface area (Å²) in [5.41, 5.74) is 0.175. The lowest BCUT2D eigenvalue weighted by atomic mass is 10.0. The number of amides is 1. The number of nitrogens with zero attached hydrogens (tertiary/aromatic N) is 4. The van der Waals surface area contributed by atoms with E-state index in [4.69, 9.17) is 11.6 Å². The van der Waals surface area contributed by atoms with Crippen molar-refractivity contribution in [1.29, 1.82) is 0 Å². The molecule has 0 radical (unpaired) electrons. The van der Waals surface area contributed by atoms with E-state index in [1.807, 2.05) is 6.07 Å². The van der Waals surface area contributed by atoms with Crippen LogP contribution in [0.25, 0.3) is 0 Å². The van der Waals surface area contributed by atoms with Gasteiger partial charge < -0.3 is 15.1 Å². The van der Waals surface area contributed by atoms with Crippen molar-refractivity contribution in [3.63, 3.8) is 0 Å². The fourth-order valence-electron chi connectivity index (χ4n) is 4.14.